The van der Waals surface area contributed by atoms with Gasteiger partial charge in [-0.2, -0.15) is 4.31 Å². The van der Waals surface area contributed by atoms with E-state index in [4.69, 9.17) is 19.8 Å². The van der Waals surface area contributed by atoms with Crippen LogP contribution in [0.25, 0.3) is 0 Å². The predicted molar refractivity (Wildman–Crippen MR) is 109 cm³/mol. The van der Waals surface area contributed by atoms with Crippen LogP contribution in [0, 0.1) is 0 Å². The number of aliphatic carboxylic acids is 2. The number of hydrogen-bond donors (Lipinski definition) is 3. The van der Waals surface area contributed by atoms with Crippen molar-refractivity contribution in [2.24, 2.45) is 0 Å². The molecule has 2 fully saturated rings. The van der Waals surface area contributed by atoms with E-state index in [0.29, 0.717) is 24.8 Å². The van der Waals surface area contributed by atoms with E-state index in [1.54, 1.807) is 28.6 Å². The van der Waals surface area contributed by atoms with E-state index in [2.05, 4.69) is 10.2 Å². The number of benzene rings is 1. The highest BCUT2D eigenvalue weighted by molar-refractivity contribution is 7.89. The molecule has 3 N–H and O–H groups in total. The number of anilines is 1. The van der Waals surface area contributed by atoms with Crippen molar-refractivity contribution in [1.82, 2.24) is 9.21 Å². The average molecular weight is 442 g/mol. The third-order valence-corrected chi connectivity index (χ3v) is 7.02. The molecule has 30 heavy (non-hydrogen) atoms. The summed E-state index contributed by atoms with van der Waals surface area (Å²) in [6, 6.07) is 7.02. The molecule has 1 saturated carbocycles. The third kappa shape index (κ3) is 6.51. The minimum atomic E-state index is -3.46. The van der Waals surface area contributed by atoms with Crippen molar-refractivity contribution in [3.63, 3.8) is 0 Å². The van der Waals surface area contributed by atoms with Crippen molar-refractivity contribution in [1.29, 1.82) is 0 Å². The number of sulfonamides is 1. The second kappa shape index (κ2) is 10.5. The van der Waals surface area contributed by atoms with Crippen molar-refractivity contribution in [3.05, 3.63) is 24.3 Å². The second-order valence-corrected chi connectivity index (χ2v) is 9.13. The van der Waals surface area contributed by atoms with Crippen LogP contribution in [0.3, 0.4) is 0 Å². The quantitative estimate of drug-likeness (QED) is 0.588. The van der Waals surface area contributed by atoms with Crippen molar-refractivity contribution in [2.75, 3.05) is 31.5 Å². The summed E-state index contributed by atoms with van der Waals surface area (Å²) in [5, 5.41) is 17.4. The van der Waals surface area contributed by atoms with E-state index in [1.165, 1.54) is 32.6 Å². The lowest BCUT2D eigenvalue weighted by Crippen LogP contribution is -2.51. The van der Waals surface area contributed by atoms with Crippen LogP contribution in [0.2, 0.25) is 0 Å². The van der Waals surface area contributed by atoms with Gasteiger partial charge < -0.3 is 15.5 Å². The van der Waals surface area contributed by atoms with E-state index in [1.807, 2.05) is 0 Å². The number of hydrogen-bond acceptors (Lipinski definition) is 6. The summed E-state index contributed by atoms with van der Waals surface area (Å²) in [7, 11) is -3.46. The zero-order valence-electron chi connectivity index (χ0n) is 16.8. The molecule has 0 atom stereocenters. The first-order valence-corrected chi connectivity index (χ1v) is 11.1. The lowest BCUT2D eigenvalue weighted by atomic mass is 10.2. The Bertz CT molecular complexity index is 845. The van der Waals surface area contributed by atoms with Gasteiger partial charge in [0.05, 0.1) is 4.90 Å². The molecule has 2 aliphatic rings. The second-order valence-electron chi connectivity index (χ2n) is 7.19. The number of carbonyl (C=O) groups is 3. The molecule has 1 saturated heterocycles. The van der Waals surface area contributed by atoms with Crippen LogP contribution in [-0.2, 0) is 24.4 Å². The Labute approximate surface area is 175 Å². The molecule has 0 radical (unpaired) electrons. The van der Waals surface area contributed by atoms with Crippen molar-refractivity contribution in [2.45, 2.75) is 43.5 Å². The van der Waals surface area contributed by atoms with Crippen LogP contribution >= 0.6 is 0 Å². The zero-order chi connectivity index (χ0) is 22.3. The number of carbonyl (C=O) groups excluding carboxylic acids is 1. The maximum atomic E-state index is 12.8. The number of nitrogens with zero attached hydrogens (tertiary/aromatic N) is 2. The van der Waals surface area contributed by atoms with Crippen LogP contribution < -0.4 is 5.32 Å². The normalized spacial score (nSPS) is 18.3. The smallest absolute Gasteiger partial charge is 0.414 e. The van der Waals surface area contributed by atoms with Gasteiger partial charge in [-0.15, -0.1) is 0 Å². The fraction of sp³-hybridized carbons (Fsp3) is 0.526. The lowest BCUT2D eigenvalue weighted by Gasteiger charge is -2.37. The van der Waals surface area contributed by atoms with Gasteiger partial charge in [-0.3, -0.25) is 9.69 Å². The molecule has 1 amide bonds. The molecule has 0 spiro atoms. The van der Waals surface area contributed by atoms with Crippen molar-refractivity contribution < 1.29 is 33.0 Å². The monoisotopic (exact) mass is 441 g/mol. The molecule has 1 aromatic carbocycles. The molecular weight excluding hydrogens is 414 g/mol. The van der Waals surface area contributed by atoms with E-state index in [-0.39, 0.29) is 10.8 Å². The molecule has 1 aliphatic heterocycles. The number of nitrogens with one attached hydrogen (secondary N) is 1. The van der Waals surface area contributed by atoms with Gasteiger partial charge in [0.15, 0.2) is 0 Å². The van der Waals surface area contributed by atoms with Gasteiger partial charge in [-0.05, 0) is 37.1 Å². The Morgan fingerprint density at radius 3 is 1.87 bits per heavy atom. The number of rotatable bonds is 4. The van der Waals surface area contributed by atoms with Gasteiger partial charge in [0, 0.05) is 44.8 Å². The van der Waals surface area contributed by atoms with Gasteiger partial charge in [-0.1, -0.05) is 12.8 Å². The number of carboxylic acid groups (broad SMARTS) is 2. The topological polar surface area (TPSA) is 144 Å². The summed E-state index contributed by atoms with van der Waals surface area (Å²) in [6.45, 7) is 4.15. The Balaban J connectivity index is 0.000000469. The highest BCUT2D eigenvalue weighted by Crippen LogP contribution is 2.26. The molecule has 0 bridgehead atoms. The Kier molecular flexibility index (Phi) is 8.33. The van der Waals surface area contributed by atoms with E-state index in [9.17, 15) is 13.2 Å². The zero-order valence-corrected chi connectivity index (χ0v) is 17.6. The Morgan fingerprint density at radius 1 is 0.933 bits per heavy atom. The molecule has 11 heteroatoms. The maximum Gasteiger partial charge on any atom is 0.414 e. The van der Waals surface area contributed by atoms with Gasteiger partial charge in [0.1, 0.15) is 0 Å². The Morgan fingerprint density at radius 2 is 1.43 bits per heavy atom. The predicted octanol–water partition coefficient (Wildman–Crippen LogP) is 1.05. The first-order chi connectivity index (χ1) is 14.1. The standard InChI is InChI=1S/C17H25N3O3S.C2H2O4/c1-14(21)18-15-6-8-17(9-7-15)24(22,23)20-12-10-19(11-13-20)16-4-2-3-5-16;3-1(4)2(5)6/h6-9,16H,2-5,10-13H2,1H3,(H,18,21);(H,3,4)(H,5,6). The fourth-order valence-corrected chi connectivity index (χ4v) is 5.06. The fourth-order valence-electron chi connectivity index (χ4n) is 3.64. The largest absolute Gasteiger partial charge is 0.473 e. The number of amides is 1. The summed E-state index contributed by atoms with van der Waals surface area (Å²) >= 11 is 0. The maximum absolute atomic E-state index is 12.8. The molecule has 3 rings (SSSR count). The summed E-state index contributed by atoms with van der Waals surface area (Å²) in [5.74, 6) is -3.82. The first-order valence-electron chi connectivity index (χ1n) is 9.69. The first kappa shape index (κ1) is 23.8. The molecule has 0 unspecified atom stereocenters. The highest BCUT2D eigenvalue weighted by Gasteiger charge is 2.31. The summed E-state index contributed by atoms with van der Waals surface area (Å²) < 4.78 is 27.1. The van der Waals surface area contributed by atoms with Crippen LogP contribution in [0.4, 0.5) is 5.69 Å². The van der Waals surface area contributed by atoms with E-state index in [0.717, 1.165) is 13.1 Å². The van der Waals surface area contributed by atoms with E-state index < -0.39 is 22.0 Å². The SMILES string of the molecule is CC(=O)Nc1ccc(S(=O)(=O)N2CCN(C3CCCC3)CC2)cc1.O=C(O)C(=O)O. The van der Waals surface area contributed by atoms with Gasteiger partial charge >= 0.3 is 11.9 Å². The molecule has 166 valence electrons. The molecular formula is C19H27N3O7S. The van der Waals surface area contributed by atoms with Crippen LogP contribution in [-0.4, -0.2) is 77.9 Å². The van der Waals surface area contributed by atoms with Crippen molar-refractivity contribution in [3.8, 4) is 0 Å². The third-order valence-electron chi connectivity index (χ3n) is 5.11. The highest BCUT2D eigenvalue weighted by atomic mass is 32.2. The Hall–Kier alpha value is -2.50. The van der Waals surface area contributed by atoms with Crippen LogP contribution in [0.5, 0.6) is 0 Å². The molecule has 10 nitrogen and oxygen atoms in total. The summed E-state index contributed by atoms with van der Waals surface area (Å²) in [4.78, 5) is 32.0. The van der Waals surface area contributed by atoms with Crippen LogP contribution in [0.15, 0.2) is 29.2 Å². The van der Waals surface area contributed by atoms with E-state index >= 15 is 0 Å². The minimum Gasteiger partial charge on any atom is -0.473 e. The molecule has 1 heterocycles. The van der Waals surface area contributed by atoms with Gasteiger partial charge in [0.2, 0.25) is 15.9 Å². The average Bonchev–Trinajstić information content (AvgIpc) is 3.23. The lowest BCUT2D eigenvalue weighted by molar-refractivity contribution is -0.159. The summed E-state index contributed by atoms with van der Waals surface area (Å²) in [5.41, 5.74) is 0.604. The van der Waals surface area contributed by atoms with Gasteiger partial charge in [-0.25, -0.2) is 18.0 Å². The molecule has 1 aliphatic carbocycles. The number of carboxylic acids is 2. The molecule has 0 aromatic heterocycles. The summed E-state index contributed by atoms with van der Waals surface area (Å²) in [6.07, 6.45) is 5.09. The van der Waals surface area contributed by atoms with Gasteiger partial charge in [0.25, 0.3) is 0 Å². The molecule has 1 aromatic rings. The number of piperazine rings is 1. The van der Waals surface area contributed by atoms with Crippen molar-refractivity contribution >= 4 is 33.6 Å². The van der Waals surface area contributed by atoms with Crippen LogP contribution in [0.1, 0.15) is 32.6 Å². The minimum absolute atomic E-state index is 0.173.